The highest BCUT2D eigenvalue weighted by Crippen LogP contribution is 2.50. The maximum absolute atomic E-state index is 13.0. The molecule has 0 amide bonds. The van der Waals surface area contributed by atoms with E-state index in [4.69, 9.17) is 18.9 Å². The lowest BCUT2D eigenvalue weighted by Crippen LogP contribution is -2.27. The van der Waals surface area contributed by atoms with Crippen LogP contribution in [0.5, 0.6) is 28.7 Å². The van der Waals surface area contributed by atoms with E-state index >= 15 is 0 Å². The third-order valence-electron chi connectivity index (χ3n) is 5.73. The lowest BCUT2D eigenvalue weighted by atomic mass is 9.75. The molecule has 2 aliphatic rings. The van der Waals surface area contributed by atoms with Crippen molar-refractivity contribution in [1.29, 1.82) is 0 Å². The van der Waals surface area contributed by atoms with Crippen molar-refractivity contribution in [2.24, 2.45) is 0 Å². The Morgan fingerprint density at radius 3 is 2.07 bits per heavy atom. The summed E-state index contributed by atoms with van der Waals surface area (Å²) < 4.78 is 21.7. The monoisotopic (exact) mass is 411 g/mol. The minimum atomic E-state index is -0.354. The van der Waals surface area contributed by atoms with Crippen molar-refractivity contribution in [1.82, 2.24) is 0 Å². The molecule has 4 rings (SSSR count). The molecule has 1 atom stereocenters. The summed E-state index contributed by atoms with van der Waals surface area (Å²) in [4.78, 5) is 13.0. The average molecular weight is 411 g/mol. The SMILES string of the molecule is COc1cc2c(cc1OC)C(c1cc(OC)c(O)c(OC)c1)C1=C(CCCC1=O)N2. The van der Waals surface area contributed by atoms with Gasteiger partial charge in [-0.15, -0.1) is 0 Å². The molecule has 1 aliphatic carbocycles. The number of ether oxygens (including phenoxy) is 4. The Morgan fingerprint density at radius 2 is 1.47 bits per heavy atom. The second-order valence-corrected chi connectivity index (χ2v) is 7.30. The molecule has 0 radical (unpaired) electrons. The van der Waals surface area contributed by atoms with Gasteiger partial charge >= 0.3 is 0 Å². The van der Waals surface area contributed by atoms with Gasteiger partial charge in [0, 0.05) is 35.4 Å². The van der Waals surface area contributed by atoms with Crippen molar-refractivity contribution < 1.29 is 28.8 Å². The second-order valence-electron chi connectivity index (χ2n) is 7.30. The summed E-state index contributed by atoms with van der Waals surface area (Å²) in [7, 11) is 6.14. The summed E-state index contributed by atoms with van der Waals surface area (Å²) in [5.41, 5.74) is 4.19. The maximum Gasteiger partial charge on any atom is 0.200 e. The molecule has 7 nitrogen and oxygen atoms in total. The largest absolute Gasteiger partial charge is 0.502 e. The van der Waals surface area contributed by atoms with Crippen LogP contribution in [0.1, 0.15) is 36.3 Å². The lowest BCUT2D eigenvalue weighted by molar-refractivity contribution is -0.116. The van der Waals surface area contributed by atoms with Gasteiger partial charge in [0.05, 0.1) is 28.4 Å². The number of carbonyl (C=O) groups excluding carboxylic acids is 1. The zero-order valence-corrected chi connectivity index (χ0v) is 17.5. The number of benzene rings is 2. The summed E-state index contributed by atoms with van der Waals surface area (Å²) in [5.74, 6) is 1.44. The first-order chi connectivity index (χ1) is 14.5. The summed E-state index contributed by atoms with van der Waals surface area (Å²) >= 11 is 0. The number of hydrogen-bond acceptors (Lipinski definition) is 7. The van der Waals surface area contributed by atoms with Crippen LogP contribution in [0.25, 0.3) is 0 Å². The molecule has 1 aliphatic heterocycles. The summed E-state index contributed by atoms with van der Waals surface area (Å²) in [6, 6.07) is 7.28. The number of Topliss-reactive ketones (excluding diaryl/α,β-unsaturated/α-hetero) is 1. The Morgan fingerprint density at radius 1 is 0.867 bits per heavy atom. The van der Waals surface area contributed by atoms with Crippen LogP contribution in [-0.4, -0.2) is 39.3 Å². The fraction of sp³-hybridized carbons (Fsp3) is 0.348. The second kappa shape index (κ2) is 7.82. The van der Waals surface area contributed by atoms with E-state index in [1.54, 1.807) is 26.4 Å². The van der Waals surface area contributed by atoms with Crippen molar-refractivity contribution in [3.8, 4) is 28.7 Å². The first kappa shape index (κ1) is 19.9. The molecule has 0 bridgehead atoms. The van der Waals surface area contributed by atoms with Crippen LogP contribution < -0.4 is 24.3 Å². The predicted molar refractivity (Wildman–Crippen MR) is 112 cm³/mol. The Balaban J connectivity index is 1.99. The van der Waals surface area contributed by atoms with E-state index in [2.05, 4.69) is 5.32 Å². The van der Waals surface area contributed by atoms with Gasteiger partial charge < -0.3 is 29.4 Å². The fourth-order valence-corrected chi connectivity index (χ4v) is 4.31. The van der Waals surface area contributed by atoms with Gasteiger partial charge in [0.25, 0.3) is 0 Å². The molecule has 158 valence electrons. The highest BCUT2D eigenvalue weighted by Gasteiger charge is 2.36. The van der Waals surface area contributed by atoms with Crippen LogP contribution in [0.4, 0.5) is 5.69 Å². The van der Waals surface area contributed by atoms with Crippen molar-refractivity contribution in [3.05, 3.63) is 46.7 Å². The van der Waals surface area contributed by atoms with E-state index in [1.807, 2.05) is 12.1 Å². The molecule has 0 aromatic heterocycles. The topological polar surface area (TPSA) is 86.2 Å². The number of phenolic OH excluding ortho intramolecular Hbond substituents is 1. The molecule has 0 spiro atoms. The van der Waals surface area contributed by atoms with Gasteiger partial charge in [-0.2, -0.15) is 0 Å². The minimum Gasteiger partial charge on any atom is -0.502 e. The molecule has 7 heteroatoms. The van der Waals surface area contributed by atoms with Crippen LogP contribution in [0, 0.1) is 0 Å². The molecular formula is C23H25NO6. The summed E-state index contributed by atoms with van der Waals surface area (Å²) in [5, 5.41) is 13.8. The molecule has 0 fully saturated rings. The number of carbonyl (C=O) groups is 1. The number of phenols is 1. The van der Waals surface area contributed by atoms with Gasteiger partial charge in [-0.05, 0) is 42.2 Å². The Kier molecular flexibility index (Phi) is 5.20. The number of nitrogens with one attached hydrogen (secondary N) is 1. The highest BCUT2D eigenvalue weighted by molar-refractivity contribution is 6.01. The van der Waals surface area contributed by atoms with Gasteiger partial charge in [0.15, 0.2) is 28.8 Å². The van der Waals surface area contributed by atoms with Crippen LogP contribution in [0.2, 0.25) is 0 Å². The minimum absolute atomic E-state index is 0.0746. The molecule has 2 N–H and O–H groups in total. The number of rotatable bonds is 5. The van der Waals surface area contributed by atoms with E-state index in [0.717, 1.165) is 40.9 Å². The fourth-order valence-electron chi connectivity index (χ4n) is 4.31. The molecule has 0 saturated heterocycles. The van der Waals surface area contributed by atoms with E-state index < -0.39 is 0 Å². The van der Waals surface area contributed by atoms with Crippen LogP contribution in [0.15, 0.2) is 35.5 Å². The number of aromatic hydroxyl groups is 1. The number of fused-ring (bicyclic) bond motifs is 1. The number of anilines is 1. The van der Waals surface area contributed by atoms with Gasteiger partial charge in [-0.1, -0.05) is 0 Å². The lowest BCUT2D eigenvalue weighted by Gasteiger charge is -2.34. The van der Waals surface area contributed by atoms with Gasteiger partial charge in [-0.3, -0.25) is 4.79 Å². The Labute approximate surface area is 175 Å². The van der Waals surface area contributed by atoms with E-state index in [9.17, 15) is 9.90 Å². The molecule has 2 aromatic carbocycles. The number of hydrogen-bond donors (Lipinski definition) is 2. The third-order valence-corrected chi connectivity index (χ3v) is 5.73. The van der Waals surface area contributed by atoms with Crippen molar-refractivity contribution in [2.75, 3.05) is 33.8 Å². The smallest absolute Gasteiger partial charge is 0.200 e. The molecular weight excluding hydrogens is 386 g/mol. The first-order valence-electron chi connectivity index (χ1n) is 9.76. The Hall–Kier alpha value is -3.35. The highest BCUT2D eigenvalue weighted by atomic mass is 16.5. The van der Waals surface area contributed by atoms with Crippen molar-refractivity contribution >= 4 is 11.5 Å². The van der Waals surface area contributed by atoms with E-state index in [0.29, 0.717) is 17.9 Å². The average Bonchev–Trinajstić information content (AvgIpc) is 2.77. The number of ketones is 1. The summed E-state index contributed by atoms with van der Waals surface area (Å²) in [6.07, 6.45) is 2.10. The number of allylic oxidation sites excluding steroid dienone is 2. The van der Waals surface area contributed by atoms with Crippen LogP contribution in [0.3, 0.4) is 0 Å². The summed E-state index contributed by atoms with van der Waals surface area (Å²) in [6.45, 7) is 0. The molecule has 0 saturated carbocycles. The van der Waals surface area contributed by atoms with E-state index in [-0.39, 0.29) is 28.9 Å². The van der Waals surface area contributed by atoms with Crippen molar-refractivity contribution in [2.45, 2.75) is 25.2 Å². The van der Waals surface area contributed by atoms with Crippen LogP contribution >= 0.6 is 0 Å². The third kappa shape index (κ3) is 3.10. The quantitative estimate of drug-likeness (QED) is 0.769. The van der Waals surface area contributed by atoms with Gasteiger partial charge in [0.2, 0.25) is 5.75 Å². The van der Waals surface area contributed by atoms with Crippen LogP contribution in [-0.2, 0) is 4.79 Å². The molecule has 2 aromatic rings. The van der Waals surface area contributed by atoms with Gasteiger partial charge in [0.1, 0.15) is 0 Å². The van der Waals surface area contributed by atoms with Gasteiger partial charge in [-0.25, -0.2) is 0 Å². The Bertz CT molecular complexity index is 1020. The van der Waals surface area contributed by atoms with E-state index in [1.165, 1.54) is 14.2 Å². The molecule has 30 heavy (non-hydrogen) atoms. The molecule has 1 unspecified atom stereocenters. The zero-order valence-electron chi connectivity index (χ0n) is 17.5. The number of methoxy groups -OCH3 is 4. The zero-order chi connectivity index (χ0) is 21.4. The maximum atomic E-state index is 13.0. The predicted octanol–water partition coefficient (Wildman–Crippen LogP) is 3.99. The standard InChI is InChI=1S/C23H25NO6/c1-27-17-10-13-15(11-18(17)28-2)24-14-6-5-7-16(25)22(14)21(13)12-8-19(29-3)23(26)20(9-12)30-4/h8-11,21,24,26H,5-7H2,1-4H3. The molecule has 1 heterocycles. The van der Waals surface area contributed by atoms with Crippen molar-refractivity contribution in [3.63, 3.8) is 0 Å². The first-order valence-corrected chi connectivity index (χ1v) is 9.76. The normalized spacial score (nSPS) is 17.6.